The summed E-state index contributed by atoms with van der Waals surface area (Å²) in [4.78, 5) is 58.9. The fraction of sp³-hybridized carbons (Fsp3) is 0.300. The van der Waals surface area contributed by atoms with Gasteiger partial charge < -0.3 is 19.3 Å². The second-order valence-electron chi connectivity index (χ2n) is 6.34. The van der Waals surface area contributed by atoms with E-state index in [9.17, 15) is 19.2 Å². The van der Waals surface area contributed by atoms with Gasteiger partial charge in [-0.1, -0.05) is 12.1 Å². The van der Waals surface area contributed by atoms with Crippen LogP contribution >= 0.6 is 0 Å². The summed E-state index contributed by atoms with van der Waals surface area (Å²) in [6, 6.07) is 9.63. The lowest BCUT2D eigenvalue weighted by Crippen LogP contribution is -2.52. The molecule has 2 amide bonds. The molecule has 0 N–H and O–H groups in total. The summed E-state index contributed by atoms with van der Waals surface area (Å²) in [7, 11) is 0. The number of piperazine rings is 1. The molecule has 2 aromatic heterocycles. The fourth-order valence-electron chi connectivity index (χ4n) is 2.76. The van der Waals surface area contributed by atoms with Crippen LogP contribution in [0.4, 0.5) is 0 Å². The maximum atomic E-state index is 12.2. The van der Waals surface area contributed by atoms with Crippen LogP contribution in [0.5, 0.6) is 0 Å². The van der Waals surface area contributed by atoms with Crippen molar-refractivity contribution in [1.82, 2.24) is 19.8 Å². The van der Waals surface area contributed by atoms with Gasteiger partial charge in [0.1, 0.15) is 11.4 Å². The lowest BCUT2D eigenvalue weighted by molar-refractivity contribution is -0.142. The Kier molecular flexibility index (Phi) is 7.04. The molecule has 1 aliphatic heterocycles. The Bertz CT molecular complexity index is 823. The summed E-state index contributed by atoms with van der Waals surface area (Å²) in [5.74, 6) is -2.05. The minimum Gasteiger partial charge on any atom is -0.451 e. The monoisotopic (exact) mass is 412 g/mol. The zero-order valence-corrected chi connectivity index (χ0v) is 16.1. The highest BCUT2D eigenvalue weighted by atomic mass is 16.5. The molecule has 1 fully saturated rings. The van der Waals surface area contributed by atoms with Crippen LogP contribution < -0.4 is 0 Å². The van der Waals surface area contributed by atoms with Gasteiger partial charge in [0, 0.05) is 38.6 Å². The molecule has 0 spiro atoms. The van der Waals surface area contributed by atoms with Crippen molar-refractivity contribution in [2.75, 3.05) is 39.4 Å². The van der Waals surface area contributed by atoms with Gasteiger partial charge in [0.05, 0.1) is 0 Å². The molecule has 0 saturated carbocycles. The van der Waals surface area contributed by atoms with Crippen molar-refractivity contribution in [3.8, 4) is 0 Å². The van der Waals surface area contributed by atoms with Crippen molar-refractivity contribution in [3.63, 3.8) is 0 Å². The number of hydrogen-bond acceptors (Lipinski definition) is 8. The van der Waals surface area contributed by atoms with Crippen molar-refractivity contribution >= 4 is 23.8 Å². The number of amides is 2. The highest BCUT2D eigenvalue weighted by Gasteiger charge is 2.25. The Balaban J connectivity index is 1.38. The predicted octanol–water partition coefficient (Wildman–Crippen LogP) is 0.161. The van der Waals surface area contributed by atoms with Crippen LogP contribution in [-0.4, -0.2) is 82.9 Å². The van der Waals surface area contributed by atoms with Gasteiger partial charge in [-0.25, -0.2) is 19.6 Å². The zero-order valence-electron chi connectivity index (χ0n) is 16.1. The number of hydrogen-bond donors (Lipinski definition) is 0. The summed E-state index contributed by atoms with van der Waals surface area (Å²) in [5.41, 5.74) is 0.252. The van der Waals surface area contributed by atoms with Crippen LogP contribution in [0.2, 0.25) is 0 Å². The molecule has 3 rings (SSSR count). The number of nitrogens with zero attached hydrogens (tertiary/aromatic N) is 4. The average Bonchev–Trinajstić information content (AvgIpc) is 2.81. The number of rotatable bonds is 6. The smallest absolute Gasteiger partial charge is 0.357 e. The van der Waals surface area contributed by atoms with Gasteiger partial charge in [-0.05, 0) is 24.3 Å². The van der Waals surface area contributed by atoms with E-state index in [-0.39, 0.29) is 23.2 Å². The third-order valence-electron chi connectivity index (χ3n) is 4.39. The molecule has 10 nitrogen and oxygen atoms in total. The van der Waals surface area contributed by atoms with E-state index < -0.39 is 25.2 Å². The van der Waals surface area contributed by atoms with Crippen molar-refractivity contribution in [3.05, 3.63) is 60.2 Å². The van der Waals surface area contributed by atoms with Gasteiger partial charge in [0.25, 0.3) is 11.8 Å². The summed E-state index contributed by atoms with van der Waals surface area (Å²) in [6.45, 7) is 0.371. The van der Waals surface area contributed by atoms with Crippen LogP contribution in [-0.2, 0) is 19.1 Å². The first-order valence-corrected chi connectivity index (χ1v) is 9.26. The number of carbonyl (C=O) groups is 4. The molecular weight excluding hydrogens is 392 g/mol. The molecule has 1 aliphatic rings. The third kappa shape index (κ3) is 5.60. The van der Waals surface area contributed by atoms with E-state index in [1.807, 2.05) is 0 Å². The van der Waals surface area contributed by atoms with Gasteiger partial charge in [-0.3, -0.25) is 9.59 Å². The van der Waals surface area contributed by atoms with Crippen molar-refractivity contribution in [2.24, 2.45) is 0 Å². The Hall–Kier alpha value is -3.82. The molecular formula is C20H20N4O6. The number of aromatic nitrogens is 2. The third-order valence-corrected chi connectivity index (χ3v) is 4.39. The predicted molar refractivity (Wildman–Crippen MR) is 102 cm³/mol. The Morgan fingerprint density at radius 3 is 1.43 bits per heavy atom. The number of esters is 2. The first-order valence-electron chi connectivity index (χ1n) is 9.26. The molecule has 0 aliphatic carbocycles. The highest BCUT2D eigenvalue weighted by molar-refractivity contribution is 5.90. The Labute approximate surface area is 172 Å². The van der Waals surface area contributed by atoms with Gasteiger partial charge >= 0.3 is 11.9 Å². The van der Waals surface area contributed by atoms with Crippen LogP contribution in [0.25, 0.3) is 0 Å². The molecule has 30 heavy (non-hydrogen) atoms. The Morgan fingerprint density at radius 2 is 1.10 bits per heavy atom. The standard InChI is InChI=1S/C20H20N4O6/c25-17(13-29-19(27)15-5-1-3-7-21-15)23-9-11-24(12-10-23)18(26)14-30-20(28)16-6-2-4-8-22-16/h1-8H,9-14H2. The first kappa shape index (κ1) is 20.9. The lowest BCUT2D eigenvalue weighted by atomic mass is 10.3. The van der Waals surface area contributed by atoms with Gasteiger partial charge in [0.15, 0.2) is 13.2 Å². The quantitative estimate of drug-likeness (QED) is 0.616. The van der Waals surface area contributed by atoms with E-state index in [1.165, 1.54) is 34.3 Å². The largest absolute Gasteiger partial charge is 0.451 e. The molecule has 2 aromatic rings. The second kappa shape index (κ2) is 10.1. The van der Waals surface area contributed by atoms with Crippen LogP contribution in [0.1, 0.15) is 21.0 Å². The van der Waals surface area contributed by atoms with Gasteiger partial charge in [-0.15, -0.1) is 0 Å². The van der Waals surface area contributed by atoms with Crippen molar-refractivity contribution < 1.29 is 28.7 Å². The maximum Gasteiger partial charge on any atom is 0.357 e. The van der Waals surface area contributed by atoms with E-state index in [0.29, 0.717) is 26.2 Å². The molecule has 0 unspecified atom stereocenters. The van der Waals surface area contributed by atoms with E-state index in [0.717, 1.165) is 0 Å². The first-order chi connectivity index (χ1) is 14.5. The molecule has 10 heteroatoms. The van der Waals surface area contributed by atoms with Crippen molar-refractivity contribution in [2.45, 2.75) is 0 Å². The van der Waals surface area contributed by atoms with Crippen LogP contribution in [0, 0.1) is 0 Å². The Morgan fingerprint density at radius 1 is 0.700 bits per heavy atom. The van der Waals surface area contributed by atoms with E-state index in [2.05, 4.69) is 9.97 Å². The number of carbonyl (C=O) groups excluding carboxylic acids is 4. The maximum absolute atomic E-state index is 12.2. The fourth-order valence-corrected chi connectivity index (χ4v) is 2.76. The highest BCUT2D eigenvalue weighted by Crippen LogP contribution is 2.05. The van der Waals surface area contributed by atoms with Gasteiger partial charge in [0.2, 0.25) is 0 Å². The van der Waals surface area contributed by atoms with Crippen LogP contribution in [0.3, 0.4) is 0 Å². The SMILES string of the molecule is O=C(OCC(=O)N1CCN(C(=O)COC(=O)c2ccccn2)CC1)c1ccccn1. The molecule has 0 bridgehead atoms. The molecule has 3 heterocycles. The molecule has 0 radical (unpaired) electrons. The molecule has 0 aromatic carbocycles. The molecule has 1 saturated heterocycles. The van der Waals surface area contributed by atoms with Crippen LogP contribution in [0.15, 0.2) is 48.8 Å². The van der Waals surface area contributed by atoms with Crippen molar-refractivity contribution in [1.29, 1.82) is 0 Å². The van der Waals surface area contributed by atoms with Gasteiger partial charge in [-0.2, -0.15) is 0 Å². The minimum absolute atomic E-state index is 0.126. The molecule has 156 valence electrons. The lowest BCUT2D eigenvalue weighted by Gasteiger charge is -2.34. The van der Waals surface area contributed by atoms with E-state index in [4.69, 9.17) is 9.47 Å². The zero-order chi connectivity index (χ0) is 21.3. The molecule has 0 atom stereocenters. The topological polar surface area (TPSA) is 119 Å². The second-order valence-corrected chi connectivity index (χ2v) is 6.34. The minimum atomic E-state index is -0.674. The average molecular weight is 412 g/mol. The summed E-state index contributed by atoms with van der Waals surface area (Å²) >= 11 is 0. The summed E-state index contributed by atoms with van der Waals surface area (Å²) in [6.07, 6.45) is 2.92. The number of ether oxygens (including phenoxy) is 2. The summed E-state index contributed by atoms with van der Waals surface area (Å²) in [5, 5.41) is 0. The normalized spacial score (nSPS) is 13.5. The van der Waals surface area contributed by atoms with E-state index >= 15 is 0 Å². The number of pyridine rings is 2. The van der Waals surface area contributed by atoms with E-state index in [1.54, 1.807) is 24.3 Å². The summed E-state index contributed by atoms with van der Waals surface area (Å²) < 4.78 is 9.98.